The van der Waals surface area contributed by atoms with Crippen LogP contribution in [-0.4, -0.2) is 35.1 Å². The van der Waals surface area contributed by atoms with Gasteiger partial charge in [-0.3, -0.25) is 19.3 Å². The molecule has 1 aromatic heterocycles. The molecule has 176 valence electrons. The highest BCUT2D eigenvalue weighted by atomic mass is 32.1. The summed E-state index contributed by atoms with van der Waals surface area (Å²) in [7, 11) is 0. The molecule has 0 radical (unpaired) electrons. The molecule has 6 nitrogen and oxygen atoms in total. The van der Waals surface area contributed by atoms with Crippen LogP contribution in [0.3, 0.4) is 0 Å². The molecule has 4 unspecified atom stereocenters. The Labute approximate surface area is 207 Å². The van der Waals surface area contributed by atoms with Crippen LogP contribution in [0.4, 0.5) is 11.4 Å². The molecule has 0 aliphatic carbocycles. The third kappa shape index (κ3) is 2.31. The summed E-state index contributed by atoms with van der Waals surface area (Å²) in [6, 6.07) is 17.2. The summed E-state index contributed by atoms with van der Waals surface area (Å²) in [5.74, 6) is -1.18. The largest absolute Gasteiger partial charge is 0.325 e. The Morgan fingerprint density at radius 1 is 1.03 bits per heavy atom. The van der Waals surface area contributed by atoms with Gasteiger partial charge in [-0.05, 0) is 60.5 Å². The Morgan fingerprint density at radius 3 is 2.63 bits per heavy atom. The molecule has 2 fully saturated rings. The Kier molecular flexibility index (Phi) is 4.28. The Hall–Kier alpha value is -3.29. The number of thiophene rings is 1. The van der Waals surface area contributed by atoms with Gasteiger partial charge >= 0.3 is 0 Å². The molecule has 2 aromatic carbocycles. The first-order valence-corrected chi connectivity index (χ1v) is 13.1. The lowest BCUT2D eigenvalue weighted by atomic mass is 9.57. The highest BCUT2D eigenvalue weighted by Crippen LogP contribution is 2.67. The van der Waals surface area contributed by atoms with Crippen molar-refractivity contribution in [2.45, 2.75) is 43.2 Å². The van der Waals surface area contributed by atoms with Crippen molar-refractivity contribution in [3.8, 4) is 0 Å². The van der Waals surface area contributed by atoms with Crippen molar-refractivity contribution in [3.05, 3.63) is 81.5 Å². The van der Waals surface area contributed by atoms with E-state index >= 15 is 0 Å². The van der Waals surface area contributed by atoms with Crippen LogP contribution >= 0.6 is 11.3 Å². The standard InChI is InChI=1S/C28H25N3O3S/c1-2-16-11-12-20-18(15-16)28(26(34)30-20)27(17-7-3-4-8-19(17)29-25(27)33)23(21-9-5-13-31(21)28)24(32)22-10-6-14-35-22/h3-4,6-8,10-12,14-15,21,23H,2,5,9,13H2,1H3,(H,29,33)(H,30,34). The molecule has 4 aliphatic heterocycles. The molecule has 2 N–H and O–H groups in total. The lowest BCUT2D eigenvalue weighted by Gasteiger charge is -2.43. The van der Waals surface area contributed by atoms with Gasteiger partial charge < -0.3 is 10.6 Å². The second-order valence-corrected chi connectivity index (χ2v) is 10.9. The van der Waals surface area contributed by atoms with Crippen LogP contribution in [0.2, 0.25) is 0 Å². The number of aryl methyl sites for hydroxylation is 1. The van der Waals surface area contributed by atoms with Gasteiger partial charge in [-0.15, -0.1) is 11.3 Å². The van der Waals surface area contributed by atoms with E-state index in [1.807, 2.05) is 53.9 Å². The number of nitrogens with zero attached hydrogens (tertiary/aromatic N) is 1. The van der Waals surface area contributed by atoms with Gasteiger partial charge in [0.2, 0.25) is 5.91 Å². The van der Waals surface area contributed by atoms with Crippen LogP contribution in [-0.2, 0) is 27.0 Å². The second-order valence-electron chi connectivity index (χ2n) is 9.93. The van der Waals surface area contributed by atoms with Crippen LogP contribution in [0.15, 0.2) is 60.0 Å². The van der Waals surface area contributed by atoms with Crippen molar-refractivity contribution >= 4 is 40.3 Å². The van der Waals surface area contributed by atoms with E-state index in [0.717, 1.165) is 41.6 Å². The molecule has 0 bridgehead atoms. The maximum atomic E-state index is 14.4. The van der Waals surface area contributed by atoms with Crippen molar-refractivity contribution in [1.29, 1.82) is 0 Å². The summed E-state index contributed by atoms with van der Waals surface area (Å²) < 4.78 is 0. The van der Waals surface area contributed by atoms with Crippen LogP contribution in [0.5, 0.6) is 0 Å². The third-order valence-electron chi connectivity index (χ3n) is 8.62. The Morgan fingerprint density at radius 2 is 1.83 bits per heavy atom. The van der Waals surface area contributed by atoms with E-state index in [1.54, 1.807) is 0 Å². The van der Waals surface area contributed by atoms with Crippen molar-refractivity contribution in [2.24, 2.45) is 5.92 Å². The fourth-order valence-electron chi connectivity index (χ4n) is 7.42. The minimum Gasteiger partial charge on any atom is -0.325 e. The molecule has 7 heteroatoms. The minimum absolute atomic E-state index is 0.0477. The van der Waals surface area contributed by atoms with Gasteiger partial charge in [0, 0.05) is 23.0 Å². The summed E-state index contributed by atoms with van der Waals surface area (Å²) in [6.45, 7) is 2.75. The second kappa shape index (κ2) is 7.12. The van der Waals surface area contributed by atoms with Crippen LogP contribution in [0, 0.1) is 5.92 Å². The number of hydrogen-bond acceptors (Lipinski definition) is 5. The summed E-state index contributed by atoms with van der Waals surface area (Å²) in [4.78, 5) is 45.9. The lowest BCUT2D eigenvalue weighted by molar-refractivity contribution is -0.137. The fraction of sp³-hybridized carbons (Fsp3) is 0.321. The molecule has 3 aromatic rings. The number of carbonyl (C=O) groups is 3. The molecule has 7 rings (SSSR count). The van der Waals surface area contributed by atoms with E-state index in [4.69, 9.17) is 0 Å². The predicted octanol–water partition coefficient (Wildman–Crippen LogP) is 4.33. The number of nitrogens with one attached hydrogen (secondary N) is 2. The average molecular weight is 484 g/mol. The predicted molar refractivity (Wildman–Crippen MR) is 135 cm³/mol. The number of fused-ring (bicyclic) bond motifs is 7. The number of ketones is 1. The molecule has 35 heavy (non-hydrogen) atoms. The zero-order chi connectivity index (χ0) is 23.9. The zero-order valence-corrected chi connectivity index (χ0v) is 20.2. The summed E-state index contributed by atoms with van der Waals surface area (Å²) >= 11 is 1.40. The molecule has 4 atom stereocenters. The van der Waals surface area contributed by atoms with Gasteiger partial charge in [-0.25, -0.2) is 0 Å². The molecule has 4 aliphatic rings. The first-order chi connectivity index (χ1) is 17.0. The first-order valence-electron chi connectivity index (χ1n) is 12.3. The topological polar surface area (TPSA) is 78.5 Å². The highest BCUT2D eigenvalue weighted by Gasteiger charge is 2.81. The van der Waals surface area contributed by atoms with E-state index in [2.05, 4.69) is 28.5 Å². The SMILES string of the molecule is CCc1ccc2c(c1)C1(C(=O)N2)N2CCCC2C(C(=O)c2cccs2)C12C(=O)Nc1ccccc12. The van der Waals surface area contributed by atoms with Crippen LogP contribution in [0.25, 0.3) is 0 Å². The van der Waals surface area contributed by atoms with Gasteiger partial charge in [-0.2, -0.15) is 0 Å². The maximum absolute atomic E-state index is 14.4. The van der Waals surface area contributed by atoms with E-state index in [-0.39, 0.29) is 23.6 Å². The number of benzene rings is 2. The normalized spacial score (nSPS) is 30.4. The number of hydrogen-bond donors (Lipinski definition) is 2. The van der Waals surface area contributed by atoms with E-state index < -0.39 is 16.9 Å². The Bertz CT molecular complexity index is 1420. The number of Topliss-reactive ketones (excluding diaryl/α,β-unsaturated/α-hetero) is 1. The van der Waals surface area contributed by atoms with Gasteiger partial charge in [0.05, 0.1) is 10.8 Å². The van der Waals surface area contributed by atoms with Gasteiger partial charge in [-0.1, -0.05) is 43.3 Å². The summed E-state index contributed by atoms with van der Waals surface area (Å²) in [5.41, 5.74) is 1.44. The van der Waals surface area contributed by atoms with Crippen molar-refractivity contribution in [3.63, 3.8) is 0 Å². The molecule has 2 spiro atoms. The lowest BCUT2D eigenvalue weighted by Crippen LogP contribution is -2.62. The molecule has 5 heterocycles. The number of anilines is 2. The molecule has 0 saturated carbocycles. The van der Waals surface area contributed by atoms with Gasteiger partial charge in [0.15, 0.2) is 5.78 Å². The smallest absolute Gasteiger partial charge is 0.251 e. The summed E-state index contributed by atoms with van der Waals surface area (Å²) in [6.07, 6.45) is 2.47. The molecule has 2 saturated heterocycles. The fourth-order valence-corrected chi connectivity index (χ4v) is 8.12. The Balaban J connectivity index is 1.61. The van der Waals surface area contributed by atoms with Gasteiger partial charge in [0.25, 0.3) is 5.91 Å². The van der Waals surface area contributed by atoms with E-state index in [0.29, 0.717) is 17.1 Å². The average Bonchev–Trinajstić information content (AvgIpc) is 3.67. The first kappa shape index (κ1) is 21.0. The molecule has 2 amide bonds. The zero-order valence-electron chi connectivity index (χ0n) is 19.3. The van der Waals surface area contributed by atoms with Crippen molar-refractivity contribution < 1.29 is 14.4 Å². The van der Waals surface area contributed by atoms with Crippen LogP contribution < -0.4 is 10.6 Å². The molecular weight excluding hydrogens is 458 g/mol. The van der Waals surface area contributed by atoms with Gasteiger partial charge in [0.1, 0.15) is 11.0 Å². The quantitative estimate of drug-likeness (QED) is 0.544. The number of para-hydroxylation sites is 1. The monoisotopic (exact) mass is 483 g/mol. The highest BCUT2D eigenvalue weighted by molar-refractivity contribution is 7.12. The summed E-state index contributed by atoms with van der Waals surface area (Å²) in [5, 5.41) is 8.10. The number of amides is 2. The van der Waals surface area contributed by atoms with Crippen molar-refractivity contribution in [1.82, 2.24) is 4.90 Å². The maximum Gasteiger partial charge on any atom is 0.251 e. The van der Waals surface area contributed by atoms with E-state index in [1.165, 1.54) is 11.3 Å². The number of carbonyl (C=O) groups excluding carboxylic acids is 3. The molecular formula is C28H25N3O3S. The minimum atomic E-state index is -1.36. The van der Waals surface area contributed by atoms with Crippen molar-refractivity contribution in [2.75, 3.05) is 17.2 Å². The van der Waals surface area contributed by atoms with E-state index in [9.17, 15) is 14.4 Å². The van der Waals surface area contributed by atoms with Crippen LogP contribution in [0.1, 0.15) is 46.1 Å². The third-order valence-corrected chi connectivity index (χ3v) is 9.50. The number of rotatable bonds is 3.